The Morgan fingerprint density at radius 3 is 2.29 bits per heavy atom. The van der Waals surface area contributed by atoms with Gasteiger partial charge in [-0.15, -0.1) is 0 Å². The van der Waals surface area contributed by atoms with Gasteiger partial charge in [0.25, 0.3) is 0 Å². The van der Waals surface area contributed by atoms with Gasteiger partial charge in [0.2, 0.25) is 20.0 Å². The maximum absolute atomic E-state index is 11.9. The highest BCUT2D eigenvalue weighted by molar-refractivity contribution is 7.89. The topological polar surface area (TPSA) is 156 Å². The van der Waals surface area contributed by atoms with Crippen LogP contribution in [0.4, 0.5) is 5.69 Å². The predicted molar refractivity (Wildman–Crippen MR) is 72.8 cm³/mol. The summed E-state index contributed by atoms with van der Waals surface area (Å²) >= 11 is 0. The summed E-state index contributed by atoms with van der Waals surface area (Å²) in [5, 5.41) is 19.9. The standard InChI is InChI=1S/C9H13N3O7S2/c1-20(16,17)10-4-5-11-21(18,19)7-2-3-9(13)8(6-7)12(14)15/h2-3,6,10-11,13H,4-5H2,1H3. The molecule has 0 amide bonds. The Balaban J connectivity index is 2.84. The summed E-state index contributed by atoms with van der Waals surface area (Å²) in [6.07, 6.45) is 0.921. The van der Waals surface area contributed by atoms with Gasteiger partial charge in [-0.25, -0.2) is 26.3 Å². The summed E-state index contributed by atoms with van der Waals surface area (Å²) in [6, 6.07) is 2.60. The molecule has 0 unspecified atom stereocenters. The molecule has 0 aliphatic heterocycles. The molecule has 0 spiro atoms. The minimum Gasteiger partial charge on any atom is -0.502 e. The molecule has 1 aromatic carbocycles. The fourth-order valence-electron chi connectivity index (χ4n) is 1.32. The van der Waals surface area contributed by atoms with E-state index in [-0.39, 0.29) is 13.1 Å². The van der Waals surface area contributed by atoms with Gasteiger partial charge in [-0.3, -0.25) is 10.1 Å². The Morgan fingerprint density at radius 2 is 1.76 bits per heavy atom. The normalized spacial score (nSPS) is 12.2. The number of phenols is 1. The summed E-state index contributed by atoms with van der Waals surface area (Å²) in [5.41, 5.74) is -0.743. The van der Waals surface area contributed by atoms with Crippen LogP contribution < -0.4 is 9.44 Å². The van der Waals surface area contributed by atoms with Crippen LogP contribution in [0.5, 0.6) is 5.75 Å². The highest BCUT2D eigenvalue weighted by atomic mass is 32.2. The number of nitrogens with zero attached hydrogens (tertiary/aromatic N) is 1. The third-order valence-corrected chi connectivity index (χ3v) is 4.42. The van der Waals surface area contributed by atoms with E-state index in [1.165, 1.54) is 0 Å². The number of sulfonamides is 2. The van der Waals surface area contributed by atoms with Crippen molar-refractivity contribution < 1.29 is 26.9 Å². The molecule has 118 valence electrons. The van der Waals surface area contributed by atoms with Crippen molar-refractivity contribution in [1.82, 2.24) is 9.44 Å². The number of benzene rings is 1. The lowest BCUT2D eigenvalue weighted by Gasteiger charge is -2.07. The Labute approximate surface area is 121 Å². The molecular formula is C9H13N3O7S2. The first-order valence-electron chi connectivity index (χ1n) is 5.44. The summed E-state index contributed by atoms with van der Waals surface area (Å²) in [5.74, 6) is -0.655. The number of aromatic hydroxyl groups is 1. The second-order valence-corrected chi connectivity index (χ2v) is 7.57. The quantitative estimate of drug-likeness (QED) is 0.331. The molecule has 21 heavy (non-hydrogen) atoms. The van der Waals surface area contributed by atoms with Crippen LogP contribution in [0, 0.1) is 10.1 Å². The van der Waals surface area contributed by atoms with Crippen LogP contribution >= 0.6 is 0 Å². The van der Waals surface area contributed by atoms with Crippen molar-refractivity contribution in [2.45, 2.75) is 4.90 Å². The first-order valence-corrected chi connectivity index (χ1v) is 8.82. The zero-order valence-corrected chi connectivity index (χ0v) is 12.4. The molecule has 0 atom stereocenters. The SMILES string of the molecule is CS(=O)(=O)NCCNS(=O)(=O)c1ccc(O)c([N+](=O)[O-])c1. The third kappa shape index (κ3) is 5.26. The fraction of sp³-hybridized carbons (Fsp3) is 0.333. The van der Waals surface area contributed by atoms with E-state index in [4.69, 9.17) is 0 Å². The van der Waals surface area contributed by atoms with E-state index < -0.39 is 41.3 Å². The van der Waals surface area contributed by atoms with Crippen molar-refractivity contribution >= 4 is 25.7 Å². The average molecular weight is 339 g/mol. The number of rotatable bonds is 7. The monoisotopic (exact) mass is 339 g/mol. The van der Waals surface area contributed by atoms with Gasteiger partial charge in [0, 0.05) is 19.2 Å². The van der Waals surface area contributed by atoms with Gasteiger partial charge < -0.3 is 5.11 Å². The minimum absolute atomic E-state index is 0.168. The smallest absolute Gasteiger partial charge is 0.312 e. The highest BCUT2D eigenvalue weighted by Gasteiger charge is 2.20. The van der Waals surface area contributed by atoms with Crippen LogP contribution in [0.25, 0.3) is 0 Å². The molecule has 0 aliphatic rings. The number of nitro groups is 1. The van der Waals surface area contributed by atoms with E-state index in [9.17, 15) is 32.1 Å². The molecule has 0 fully saturated rings. The lowest BCUT2D eigenvalue weighted by molar-refractivity contribution is -0.386. The lowest BCUT2D eigenvalue weighted by atomic mass is 10.3. The second-order valence-electron chi connectivity index (χ2n) is 3.97. The van der Waals surface area contributed by atoms with Crippen LogP contribution in [0.3, 0.4) is 0 Å². The van der Waals surface area contributed by atoms with E-state index in [0.717, 1.165) is 18.4 Å². The molecule has 0 saturated carbocycles. The number of hydrogen-bond donors (Lipinski definition) is 3. The van der Waals surface area contributed by atoms with Gasteiger partial charge in [-0.2, -0.15) is 0 Å². The molecule has 10 nitrogen and oxygen atoms in total. The van der Waals surface area contributed by atoms with E-state index in [0.29, 0.717) is 6.07 Å². The van der Waals surface area contributed by atoms with Crippen molar-refractivity contribution in [1.29, 1.82) is 0 Å². The van der Waals surface area contributed by atoms with Crippen molar-refractivity contribution in [2.24, 2.45) is 0 Å². The number of nitrogens with one attached hydrogen (secondary N) is 2. The van der Waals surface area contributed by atoms with Crippen molar-refractivity contribution in [3.63, 3.8) is 0 Å². The molecule has 1 rings (SSSR count). The Kier molecular flexibility index (Phi) is 5.22. The maximum atomic E-state index is 11.9. The first kappa shape index (κ1) is 17.3. The van der Waals surface area contributed by atoms with Gasteiger partial charge >= 0.3 is 5.69 Å². The number of hydrogen-bond acceptors (Lipinski definition) is 7. The molecule has 0 heterocycles. The molecule has 0 saturated heterocycles. The van der Waals surface area contributed by atoms with Crippen molar-refractivity contribution in [3.8, 4) is 5.75 Å². The highest BCUT2D eigenvalue weighted by Crippen LogP contribution is 2.27. The largest absolute Gasteiger partial charge is 0.502 e. The zero-order valence-electron chi connectivity index (χ0n) is 10.8. The maximum Gasteiger partial charge on any atom is 0.312 e. The Bertz CT molecular complexity index is 743. The van der Waals surface area contributed by atoms with Crippen LogP contribution in [0.1, 0.15) is 0 Å². The van der Waals surface area contributed by atoms with Gasteiger partial charge in [-0.1, -0.05) is 0 Å². The van der Waals surface area contributed by atoms with Crippen LogP contribution in [0.15, 0.2) is 23.1 Å². The molecule has 0 bridgehead atoms. The van der Waals surface area contributed by atoms with Crippen LogP contribution in [-0.4, -0.2) is 46.2 Å². The average Bonchev–Trinajstić information content (AvgIpc) is 2.33. The molecular weight excluding hydrogens is 326 g/mol. The van der Waals surface area contributed by atoms with Gasteiger partial charge in [0.1, 0.15) is 0 Å². The molecule has 0 aromatic heterocycles. The van der Waals surface area contributed by atoms with Gasteiger partial charge in [-0.05, 0) is 12.1 Å². The lowest BCUT2D eigenvalue weighted by Crippen LogP contribution is -2.34. The summed E-state index contributed by atoms with van der Waals surface area (Å²) in [7, 11) is -7.49. The van der Waals surface area contributed by atoms with E-state index in [2.05, 4.69) is 9.44 Å². The number of nitro benzene ring substituents is 1. The predicted octanol–water partition coefficient (Wildman–Crippen LogP) is -0.872. The van der Waals surface area contributed by atoms with Crippen molar-refractivity contribution in [3.05, 3.63) is 28.3 Å². The molecule has 1 aromatic rings. The van der Waals surface area contributed by atoms with Gasteiger partial charge in [0.15, 0.2) is 5.75 Å². The fourth-order valence-corrected chi connectivity index (χ4v) is 2.85. The molecule has 0 radical (unpaired) electrons. The Morgan fingerprint density at radius 1 is 1.19 bits per heavy atom. The van der Waals surface area contributed by atoms with Crippen LogP contribution in [-0.2, 0) is 20.0 Å². The molecule has 3 N–H and O–H groups in total. The van der Waals surface area contributed by atoms with Gasteiger partial charge in [0.05, 0.1) is 16.1 Å². The number of phenolic OH excluding ortho intramolecular Hbond substituents is 1. The summed E-state index contributed by atoms with van der Waals surface area (Å²) in [6.45, 7) is -0.400. The minimum atomic E-state index is -4.05. The Hall–Kier alpha value is -1.76. The first-order chi connectivity index (χ1) is 9.53. The zero-order chi connectivity index (χ0) is 16.3. The second kappa shape index (κ2) is 6.34. The molecule has 0 aliphatic carbocycles. The third-order valence-electron chi connectivity index (χ3n) is 2.24. The van der Waals surface area contributed by atoms with Crippen LogP contribution in [0.2, 0.25) is 0 Å². The molecule has 12 heteroatoms. The summed E-state index contributed by atoms with van der Waals surface area (Å²) < 4.78 is 49.4. The van der Waals surface area contributed by atoms with E-state index >= 15 is 0 Å². The van der Waals surface area contributed by atoms with E-state index in [1.807, 2.05) is 0 Å². The van der Waals surface area contributed by atoms with E-state index in [1.54, 1.807) is 0 Å². The summed E-state index contributed by atoms with van der Waals surface area (Å²) in [4.78, 5) is 9.30. The van der Waals surface area contributed by atoms with Crippen molar-refractivity contribution in [2.75, 3.05) is 19.3 Å².